The zero-order chi connectivity index (χ0) is 11.0. The monoisotopic (exact) mass is 216 g/mol. The van der Waals surface area contributed by atoms with Crippen molar-refractivity contribution in [3.63, 3.8) is 0 Å². The first-order chi connectivity index (χ1) is 7.83. The Hall–Kier alpha value is -1.51. The van der Waals surface area contributed by atoms with Crippen LogP contribution in [0.2, 0.25) is 0 Å². The normalized spacial score (nSPS) is 18.5. The second kappa shape index (κ2) is 3.81. The van der Waals surface area contributed by atoms with Crippen LogP contribution >= 0.6 is 0 Å². The van der Waals surface area contributed by atoms with Gasteiger partial charge >= 0.3 is 0 Å². The van der Waals surface area contributed by atoms with E-state index in [0.717, 1.165) is 31.4 Å². The van der Waals surface area contributed by atoms with Crippen LogP contribution < -0.4 is 10.6 Å². The minimum Gasteiger partial charge on any atom is -0.384 e. The predicted octanol–water partition coefficient (Wildman–Crippen LogP) is 1.94. The number of amides is 1. The van der Waals surface area contributed by atoms with Crippen molar-refractivity contribution in [3.05, 3.63) is 29.3 Å². The number of hydrogen-bond donors (Lipinski definition) is 2. The fraction of sp³-hybridized carbons (Fsp3) is 0.462. The Labute approximate surface area is 95.2 Å². The quantitative estimate of drug-likeness (QED) is 0.793. The summed E-state index contributed by atoms with van der Waals surface area (Å²) in [6, 6.07) is 6.35. The molecule has 1 aliphatic heterocycles. The third kappa shape index (κ3) is 1.66. The van der Waals surface area contributed by atoms with E-state index in [-0.39, 0.29) is 5.91 Å². The van der Waals surface area contributed by atoms with Gasteiger partial charge in [-0.25, -0.2) is 0 Å². The van der Waals surface area contributed by atoms with E-state index in [1.807, 2.05) is 18.2 Å². The fourth-order valence-corrected chi connectivity index (χ4v) is 2.27. The van der Waals surface area contributed by atoms with Crippen molar-refractivity contribution in [2.45, 2.75) is 31.7 Å². The SMILES string of the molecule is O=C(NC1CCC1)c1ccc2c(c1)CCN2. The molecule has 1 aliphatic carbocycles. The summed E-state index contributed by atoms with van der Waals surface area (Å²) in [5, 5.41) is 6.36. The summed E-state index contributed by atoms with van der Waals surface area (Å²) < 4.78 is 0. The first-order valence-electron chi connectivity index (χ1n) is 6.00. The molecule has 84 valence electrons. The third-order valence-electron chi connectivity index (χ3n) is 3.52. The highest BCUT2D eigenvalue weighted by Crippen LogP contribution is 2.24. The molecule has 2 N–H and O–H groups in total. The van der Waals surface area contributed by atoms with Crippen molar-refractivity contribution in [1.29, 1.82) is 0 Å². The van der Waals surface area contributed by atoms with Gasteiger partial charge in [0.2, 0.25) is 0 Å². The van der Waals surface area contributed by atoms with Crippen LogP contribution in [0.15, 0.2) is 18.2 Å². The van der Waals surface area contributed by atoms with E-state index in [4.69, 9.17) is 0 Å². The Morgan fingerprint density at radius 1 is 1.38 bits per heavy atom. The van der Waals surface area contributed by atoms with Crippen LogP contribution in [0.25, 0.3) is 0 Å². The molecule has 1 fully saturated rings. The van der Waals surface area contributed by atoms with Crippen LogP contribution in [0.1, 0.15) is 35.2 Å². The second-order valence-electron chi connectivity index (χ2n) is 4.65. The van der Waals surface area contributed by atoms with E-state index in [0.29, 0.717) is 6.04 Å². The molecule has 1 aromatic carbocycles. The Morgan fingerprint density at radius 3 is 3.00 bits per heavy atom. The maximum absolute atomic E-state index is 11.9. The van der Waals surface area contributed by atoms with E-state index >= 15 is 0 Å². The molecule has 0 bridgehead atoms. The summed E-state index contributed by atoms with van der Waals surface area (Å²) in [7, 11) is 0. The van der Waals surface area contributed by atoms with E-state index in [2.05, 4.69) is 10.6 Å². The summed E-state index contributed by atoms with van der Waals surface area (Å²) in [5.41, 5.74) is 3.25. The van der Waals surface area contributed by atoms with Gasteiger partial charge in [-0.15, -0.1) is 0 Å². The Kier molecular flexibility index (Phi) is 2.31. The van der Waals surface area contributed by atoms with Crippen molar-refractivity contribution in [1.82, 2.24) is 5.32 Å². The van der Waals surface area contributed by atoms with Crippen LogP contribution in [0, 0.1) is 0 Å². The van der Waals surface area contributed by atoms with Crippen LogP contribution in [-0.4, -0.2) is 18.5 Å². The summed E-state index contributed by atoms with van der Waals surface area (Å²) in [6.45, 7) is 0.989. The molecule has 3 rings (SSSR count). The molecular weight excluding hydrogens is 200 g/mol. The fourth-order valence-electron chi connectivity index (χ4n) is 2.27. The van der Waals surface area contributed by atoms with Crippen molar-refractivity contribution in [2.24, 2.45) is 0 Å². The lowest BCUT2D eigenvalue weighted by Crippen LogP contribution is -2.39. The van der Waals surface area contributed by atoms with Crippen molar-refractivity contribution in [3.8, 4) is 0 Å². The van der Waals surface area contributed by atoms with Gasteiger partial charge in [-0.3, -0.25) is 4.79 Å². The lowest BCUT2D eigenvalue weighted by molar-refractivity contribution is 0.0917. The van der Waals surface area contributed by atoms with Gasteiger partial charge in [-0.1, -0.05) is 0 Å². The zero-order valence-electron chi connectivity index (χ0n) is 9.25. The molecule has 1 amide bonds. The number of rotatable bonds is 2. The number of anilines is 1. The highest BCUT2D eigenvalue weighted by Gasteiger charge is 2.20. The number of fused-ring (bicyclic) bond motifs is 1. The Morgan fingerprint density at radius 2 is 2.25 bits per heavy atom. The number of benzene rings is 1. The molecule has 0 radical (unpaired) electrons. The molecule has 1 heterocycles. The lowest BCUT2D eigenvalue weighted by atomic mass is 9.93. The van der Waals surface area contributed by atoms with Crippen LogP contribution in [0.5, 0.6) is 0 Å². The molecule has 1 saturated carbocycles. The zero-order valence-corrected chi connectivity index (χ0v) is 9.25. The topological polar surface area (TPSA) is 41.1 Å². The Bertz CT molecular complexity index is 424. The van der Waals surface area contributed by atoms with Crippen molar-refractivity contribution in [2.75, 3.05) is 11.9 Å². The van der Waals surface area contributed by atoms with Gasteiger partial charge in [-0.2, -0.15) is 0 Å². The van der Waals surface area contributed by atoms with E-state index < -0.39 is 0 Å². The minimum absolute atomic E-state index is 0.0828. The minimum atomic E-state index is 0.0828. The highest BCUT2D eigenvalue weighted by atomic mass is 16.1. The van der Waals surface area contributed by atoms with E-state index in [1.165, 1.54) is 17.7 Å². The molecule has 0 atom stereocenters. The Balaban J connectivity index is 1.75. The smallest absolute Gasteiger partial charge is 0.251 e. The van der Waals surface area contributed by atoms with E-state index in [1.54, 1.807) is 0 Å². The van der Waals surface area contributed by atoms with Gasteiger partial charge in [-0.05, 0) is 49.4 Å². The molecule has 3 nitrogen and oxygen atoms in total. The van der Waals surface area contributed by atoms with Crippen LogP contribution in [0.3, 0.4) is 0 Å². The maximum Gasteiger partial charge on any atom is 0.251 e. The van der Waals surface area contributed by atoms with Gasteiger partial charge < -0.3 is 10.6 Å². The standard InChI is InChI=1S/C13H16N2O/c16-13(15-11-2-1-3-11)10-4-5-12-9(8-10)6-7-14-12/h4-5,8,11,14H,1-3,6-7H2,(H,15,16). The van der Waals surface area contributed by atoms with Gasteiger partial charge in [0.05, 0.1) is 0 Å². The van der Waals surface area contributed by atoms with Gasteiger partial charge in [0, 0.05) is 23.8 Å². The maximum atomic E-state index is 11.9. The van der Waals surface area contributed by atoms with Crippen molar-refractivity contribution >= 4 is 11.6 Å². The molecule has 0 spiro atoms. The molecule has 0 saturated heterocycles. The summed E-state index contributed by atoms with van der Waals surface area (Å²) >= 11 is 0. The van der Waals surface area contributed by atoms with E-state index in [9.17, 15) is 4.79 Å². The van der Waals surface area contributed by atoms with Crippen molar-refractivity contribution < 1.29 is 4.79 Å². The molecule has 3 heteroatoms. The van der Waals surface area contributed by atoms with Gasteiger partial charge in [0.25, 0.3) is 5.91 Å². The molecular formula is C13H16N2O. The molecule has 0 unspecified atom stereocenters. The first kappa shape index (κ1) is 9.70. The number of carbonyl (C=O) groups is 1. The lowest BCUT2D eigenvalue weighted by Gasteiger charge is -2.26. The molecule has 0 aromatic heterocycles. The number of nitrogens with one attached hydrogen (secondary N) is 2. The number of hydrogen-bond acceptors (Lipinski definition) is 2. The molecule has 1 aromatic rings. The highest BCUT2D eigenvalue weighted by molar-refractivity contribution is 5.95. The average molecular weight is 216 g/mol. The second-order valence-corrected chi connectivity index (χ2v) is 4.65. The summed E-state index contributed by atoms with van der Waals surface area (Å²) in [6.07, 6.45) is 4.55. The molecule has 16 heavy (non-hydrogen) atoms. The largest absolute Gasteiger partial charge is 0.384 e. The van der Waals surface area contributed by atoms with Crippen LogP contribution in [-0.2, 0) is 6.42 Å². The third-order valence-corrected chi connectivity index (χ3v) is 3.52. The van der Waals surface area contributed by atoms with Crippen LogP contribution in [0.4, 0.5) is 5.69 Å². The average Bonchev–Trinajstić information content (AvgIpc) is 2.69. The van der Waals surface area contributed by atoms with Gasteiger partial charge in [0.15, 0.2) is 0 Å². The summed E-state index contributed by atoms with van der Waals surface area (Å²) in [5.74, 6) is 0.0828. The molecule has 2 aliphatic rings. The number of carbonyl (C=O) groups excluding carboxylic acids is 1. The summed E-state index contributed by atoms with van der Waals surface area (Å²) in [4.78, 5) is 11.9. The predicted molar refractivity (Wildman–Crippen MR) is 63.7 cm³/mol. The van der Waals surface area contributed by atoms with Gasteiger partial charge in [0.1, 0.15) is 0 Å². The first-order valence-corrected chi connectivity index (χ1v) is 6.00.